The molecule has 1 aliphatic heterocycles. The number of hydrogen-bond donors (Lipinski definition) is 2. The molecule has 0 aliphatic carbocycles. The minimum absolute atomic E-state index is 0.00954. The van der Waals surface area contributed by atoms with Crippen molar-refractivity contribution in [2.75, 3.05) is 19.7 Å². The van der Waals surface area contributed by atoms with E-state index in [1.165, 1.54) is 0 Å². The lowest BCUT2D eigenvalue weighted by molar-refractivity contribution is 0.160. The maximum absolute atomic E-state index is 12.2. The predicted molar refractivity (Wildman–Crippen MR) is 89.2 cm³/mol. The monoisotopic (exact) mass is 300 g/mol. The summed E-state index contributed by atoms with van der Waals surface area (Å²) in [7, 11) is 0. The van der Waals surface area contributed by atoms with E-state index in [0.29, 0.717) is 5.92 Å². The average molecular weight is 300 g/mol. The summed E-state index contributed by atoms with van der Waals surface area (Å²) >= 11 is 0. The molecule has 1 aromatic carbocycles. The van der Waals surface area contributed by atoms with Gasteiger partial charge in [-0.3, -0.25) is 9.69 Å². The minimum Gasteiger partial charge on any atom is -0.395 e. The van der Waals surface area contributed by atoms with Crippen LogP contribution in [-0.4, -0.2) is 40.7 Å². The Morgan fingerprint density at radius 2 is 2.18 bits per heavy atom. The van der Waals surface area contributed by atoms with E-state index >= 15 is 0 Å². The number of aromatic amines is 1. The first-order chi connectivity index (χ1) is 10.6. The van der Waals surface area contributed by atoms with Crippen LogP contribution in [-0.2, 0) is 6.42 Å². The van der Waals surface area contributed by atoms with Crippen LogP contribution >= 0.6 is 0 Å². The number of likely N-dealkylation sites (tertiary alicyclic amines) is 1. The van der Waals surface area contributed by atoms with Crippen LogP contribution in [0.25, 0.3) is 10.8 Å². The molecule has 0 radical (unpaired) electrons. The number of benzene rings is 1. The van der Waals surface area contributed by atoms with Gasteiger partial charge >= 0.3 is 0 Å². The molecule has 1 fully saturated rings. The number of aliphatic hydroxyl groups is 1. The highest BCUT2D eigenvalue weighted by Crippen LogP contribution is 2.23. The Morgan fingerprint density at radius 3 is 2.95 bits per heavy atom. The van der Waals surface area contributed by atoms with E-state index in [-0.39, 0.29) is 18.2 Å². The van der Waals surface area contributed by atoms with Gasteiger partial charge in [-0.1, -0.05) is 19.1 Å². The van der Waals surface area contributed by atoms with Gasteiger partial charge in [-0.2, -0.15) is 0 Å². The van der Waals surface area contributed by atoms with Crippen molar-refractivity contribution in [3.05, 3.63) is 45.9 Å². The number of fused-ring (bicyclic) bond motifs is 1. The summed E-state index contributed by atoms with van der Waals surface area (Å²) in [5.74, 6) is 0.634. The van der Waals surface area contributed by atoms with Crippen LogP contribution < -0.4 is 5.56 Å². The van der Waals surface area contributed by atoms with Crippen molar-refractivity contribution in [3.63, 3.8) is 0 Å². The molecule has 0 spiro atoms. The van der Waals surface area contributed by atoms with Crippen LogP contribution in [0.1, 0.15) is 24.6 Å². The van der Waals surface area contributed by atoms with Crippen molar-refractivity contribution in [2.24, 2.45) is 5.92 Å². The Balaban J connectivity index is 1.80. The van der Waals surface area contributed by atoms with Crippen LogP contribution in [0.15, 0.2) is 29.1 Å². The second-order valence-corrected chi connectivity index (χ2v) is 6.58. The number of nitrogens with zero attached hydrogens (tertiary/aromatic N) is 1. The number of nitrogens with one attached hydrogen (secondary N) is 1. The van der Waals surface area contributed by atoms with Crippen molar-refractivity contribution in [2.45, 2.75) is 32.7 Å². The van der Waals surface area contributed by atoms with Crippen LogP contribution in [0.4, 0.5) is 0 Å². The fourth-order valence-corrected chi connectivity index (χ4v) is 3.59. The van der Waals surface area contributed by atoms with E-state index in [2.05, 4.69) is 22.9 Å². The molecule has 22 heavy (non-hydrogen) atoms. The molecule has 1 aromatic heterocycles. The van der Waals surface area contributed by atoms with Gasteiger partial charge in [0.05, 0.1) is 6.61 Å². The molecule has 0 saturated carbocycles. The van der Waals surface area contributed by atoms with E-state index in [4.69, 9.17) is 0 Å². The topological polar surface area (TPSA) is 56.3 Å². The highest BCUT2D eigenvalue weighted by molar-refractivity contribution is 5.84. The summed E-state index contributed by atoms with van der Waals surface area (Å²) < 4.78 is 0. The summed E-state index contributed by atoms with van der Waals surface area (Å²) in [6, 6.07) is 8.19. The van der Waals surface area contributed by atoms with Crippen molar-refractivity contribution in [1.82, 2.24) is 9.88 Å². The molecule has 2 aromatic rings. The number of aryl methyl sites for hydroxylation is 1. The number of hydrogen-bond acceptors (Lipinski definition) is 3. The molecule has 0 unspecified atom stereocenters. The average Bonchev–Trinajstić information content (AvgIpc) is 2.86. The van der Waals surface area contributed by atoms with Gasteiger partial charge in [0.25, 0.3) is 5.56 Å². The van der Waals surface area contributed by atoms with E-state index in [1.807, 2.05) is 25.1 Å². The number of pyridine rings is 1. The molecule has 0 bridgehead atoms. The van der Waals surface area contributed by atoms with Crippen molar-refractivity contribution in [3.8, 4) is 0 Å². The summed E-state index contributed by atoms with van der Waals surface area (Å²) in [5, 5.41) is 11.3. The Bertz CT molecular complexity index is 723. The first kappa shape index (κ1) is 15.3. The normalized spacial score (nSPS) is 22.5. The van der Waals surface area contributed by atoms with Gasteiger partial charge in [-0.15, -0.1) is 0 Å². The van der Waals surface area contributed by atoms with Gasteiger partial charge < -0.3 is 10.1 Å². The fraction of sp³-hybridized carbons (Fsp3) is 0.500. The Kier molecular flexibility index (Phi) is 4.32. The van der Waals surface area contributed by atoms with Gasteiger partial charge in [0.2, 0.25) is 0 Å². The first-order valence-corrected chi connectivity index (χ1v) is 8.05. The lowest BCUT2D eigenvalue weighted by atomic mass is 10.1. The Hall–Kier alpha value is -1.65. The standard InChI is InChI=1S/C18H24N2O2/c1-12-8-15(11-21)20(10-12)7-6-14-9-17-13(2)4-3-5-16(17)18(22)19-14/h3-5,9,12,15,21H,6-8,10-11H2,1-2H3,(H,19,22)/t12-,15+/m0/s1. The van der Waals surface area contributed by atoms with Gasteiger partial charge in [-0.25, -0.2) is 0 Å². The molecule has 118 valence electrons. The predicted octanol–water partition coefficient (Wildman–Crippen LogP) is 2.08. The second-order valence-electron chi connectivity index (χ2n) is 6.58. The molecule has 2 N–H and O–H groups in total. The van der Waals surface area contributed by atoms with E-state index in [1.54, 1.807) is 0 Å². The zero-order chi connectivity index (χ0) is 15.7. The van der Waals surface area contributed by atoms with Crippen LogP contribution in [0.3, 0.4) is 0 Å². The largest absolute Gasteiger partial charge is 0.395 e. The number of aromatic nitrogens is 1. The van der Waals surface area contributed by atoms with Crippen LogP contribution in [0.5, 0.6) is 0 Å². The number of H-pyrrole nitrogens is 1. The third-order valence-corrected chi connectivity index (χ3v) is 4.78. The zero-order valence-corrected chi connectivity index (χ0v) is 13.3. The minimum atomic E-state index is -0.00954. The zero-order valence-electron chi connectivity index (χ0n) is 13.3. The molecular formula is C18H24N2O2. The van der Waals surface area contributed by atoms with Gasteiger partial charge in [0.15, 0.2) is 0 Å². The molecule has 3 rings (SSSR count). The molecule has 1 aliphatic rings. The summed E-state index contributed by atoms with van der Waals surface area (Å²) in [6.45, 7) is 6.39. The van der Waals surface area contributed by atoms with Gasteiger partial charge in [-0.05, 0) is 42.3 Å². The van der Waals surface area contributed by atoms with E-state index < -0.39 is 0 Å². The van der Waals surface area contributed by atoms with E-state index in [9.17, 15) is 9.90 Å². The lowest BCUT2D eigenvalue weighted by Gasteiger charge is -2.22. The quantitative estimate of drug-likeness (QED) is 0.909. The van der Waals surface area contributed by atoms with Crippen molar-refractivity contribution < 1.29 is 5.11 Å². The molecule has 2 atom stereocenters. The molecule has 4 nitrogen and oxygen atoms in total. The Morgan fingerprint density at radius 1 is 1.36 bits per heavy atom. The second kappa shape index (κ2) is 6.23. The number of rotatable bonds is 4. The van der Waals surface area contributed by atoms with Crippen LogP contribution in [0, 0.1) is 12.8 Å². The lowest BCUT2D eigenvalue weighted by Crippen LogP contribution is -2.34. The highest BCUT2D eigenvalue weighted by Gasteiger charge is 2.28. The fourth-order valence-electron chi connectivity index (χ4n) is 3.59. The smallest absolute Gasteiger partial charge is 0.256 e. The molecule has 0 amide bonds. The first-order valence-electron chi connectivity index (χ1n) is 8.05. The van der Waals surface area contributed by atoms with Gasteiger partial charge in [0, 0.05) is 36.6 Å². The molecule has 1 saturated heterocycles. The Labute approximate surface area is 130 Å². The maximum Gasteiger partial charge on any atom is 0.256 e. The summed E-state index contributed by atoms with van der Waals surface area (Å²) in [6.07, 6.45) is 1.87. The van der Waals surface area contributed by atoms with Gasteiger partial charge in [0.1, 0.15) is 0 Å². The third-order valence-electron chi connectivity index (χ3n) is 4.78. The van der Waals surface area contributed by atoms with E-state index in [0.717, 1.165) is 48.0 Å². The van der Waals surface area contributed by atoms with Crippen molar-refractivity contribution in [1.29, 1.82) is 0 Å². The number of aliphatic hydroxyl groups excluding tert-OH is 1. The van der Waals surface area contributed by atoms with Crippen molar-refractivity contribution >= 4 is 10.8 Å². The summed E-state index contributed by atoms with van der Waals surface area (Å²) in [5.41, 5.74) is 2.10. The highest BCUT2D eigenvalue weighted by atomic mass is 16.3. The molecule has 2 heterocycles. The van der Waals surface area contributed by atoms with Crippen LogP contribution in [0.2, 0.25) is 0 Å². The molecule has 4 heteroatoms. The molecular weight excluding hydrogens is 276 g/mol. The SMILES string of the molecule is Cc1cccc2c(=O)[nH]c(CCN3C[C@@H](C)C[C@@H]3CO)cc12. The third kappa shape index (κ3) is 2.94. The maximum atomic E-state index is 12.2. The summed E-state index contributed by atoms with van der Waals surface area (Å²) in [4.78, 5) is 17.6.